The standard InChI is InChI=1S/C25H33N3O2/c1-30-21-14-12-20(13-15-21)23-10-3-2-6-18-28(23)19-25(29)26-22-9-4-5-11-24(22)27-16-7-8-17-27/h4-5,9,11-15,23H,2-3,6-8,10,16-19H2,1H3,(H,26,29). The molecule has 1 amide bonds. The van der Waals surface area contributed by atoms with Gasteiger partial charge in [0.25, 0.3) is 0 Å². The van der Waals surface area contributed by atoms with Crippen molar-refractivity contribution >= 4 is 17.3 Å². The average Bonchev–Trinajstić information content (AvgIpc) is 3.21. The zero-order valence-electron chi connectivity index (χ0n) is 18.0. The number of anilines is 2. The Hall–Kier alpha value is -2.53. The largest absolute Gasteiger partial charge is 0.497 e. The van der Waals surface area contributed by atoms with Crippen LogP contribution in [-0.4, -0.2) is 44.1 Å². The van der Waals surface area contributed by atoms with Crippen LogP contribution in [0.2, 0.25) is 0 Å². The maximum Gasteiger partial charge on any atom is 0.238 e. The molecule has 0 aliphatic carbocycles. The number of amides is 1. The number of para-hydroxylation sites is 2. The van der Waals surface area contributed by atoms with E-state index in [1.807, 2.05) is 24.3 Å². The maximum absolute atomic E-state index is 13.0. The summed E-state index contributed by atoms with van der Waals surface area (Å²) in [5, 5.41) is 3.20. The van der Waals surface area contributed by atoms with Gasteiger partial charge in [-0.1, -0.05) is 37.1 Å². The van der Waals surface area contributed by atoms with Gasteiger partial charge in [0.15, 0.2) is 0 Å². The van der Waals surface area contributed by atoms with Crippen LogP contribution in [0.4, 0.5) is 11.4 Å². The highest BCUT2D eigenvalue weighted by Gasteiger charge is 2.25. The number of carbonyl (C=O) groups is 1. The fourth-order valence-electron chi connectivity index (χ4n) is 4.75. The number of carbonyl (C=O) groups excluding carboxylic acids is 1. The number of ether oxygens (including phenoxy) is 1. The van der Waals surface area contributed by atoms with E-state index in [4.69, 9.17) is 4.74 Å². The maximum atomic E-state index is 13.0. The number of likely N-dealkylation sites (tertiary alicyclic amines) is 1. The first kappa shape index (κ1) is 20.7. The lowest BCUT2D eigenvalue weighted by molar-refractivity contribution is -0.117. The van der Waals surface area contributed by atoms with Crippen molar-refractivity contribution in [3.63, 3.8) is 0 Å². The number of rotatable bonds is 6. The lowest BCUT2D eigenvalue weighted by atomic mass is 10.0. The van der Waals surface area contributed by atoms with Gasteiger partial charge in [-0.05, 0) is 62.1 Å². The first-order valence-electron chi connectivity index (χ1n) is 11.3. The molecule has 2 aromatic carbocycles. The fourth-order valence-corrected chi connectivity index (χ4v) is 4.75. The zero-order chi connectivity index (χ0) is 20.8. The normalized spacial score (nSPS) is 20.0. The van der Waals surface area contributed by atoms with Gasteiger partial charge in [0.05, 0.1) is 25.0 Å². The van der Waals surface area contributed by atoms with Crippen molar-refractivity contribution in [2.45, 2.75) is 44.6 Å². The molecule has 0 bridgehead atoms. The first-order chi connectivity index (χ1) is 14.7. The highest BCUT2D eigenvalue weighted by atomic mass is 16.5. The summed E-state index contributed by atoms with van der Waals surface area (Å²) in [6.07, 6.45) is 7.10. The molecule has 0 aromatic heterocycles. The lowest BCUT2D eigenvalue weighted by Crippen LogP contribution is -2.36. The molecule has 2 aliphatic rings. The van der Waals surface area contributed by atoms with Crippen molar-refractivity contribution in [1.82, 2.24) is 4.90 Å². The quantitative estimate of drug-likeness (QED) is 0.743. The molecule has 2 aromatic rings. The summed E-state index contributed by atoms with van der Waals surface area (Å²) in [6.45, 7) is 3.51. The first-order valence-corrected chi connectivity index (χ1v) is 11.3. The van der Waals surface area contributed by atoms with Gasteiger partial charge in [0.2, 0.25) is 5.91 Å². The van der Waals surface area contributed by atoms with E-state index in [1.165, 1.54) is 31.2 Å². The van der Waals surface area contributed by atoms with Crippen LogP contribution >= 0.6 is 0 Å². The van der Waals surface area contributed by atoms with Gasteiger partial charge in [0, 0.05) is 19.1 Å². The fraction of sp³-hybridized carbons (Fsp3) is 0.480. The van der Waals surface area contributed by atoms with E-state index in [2.05, 4.69) is 39.4 Å². The Kier molecular flexibility index (Phi) is 6.90. The van der Waals surface area contributed by atoms with Crippen molar-refractivity contribution < 1.29 is 9.53 Å². The summed E-state index contributed by atoms with van der Waals surface area (Å²) in [4.78, 5) is 17.8. The van der Waals surface area contributed by atoms with E-state index in [-0.39, 0.29) is 11.9 Å². The van der Waals surface area contributed by atoms with Crippen LogP contribution in [0.1, 0.15) is 50.1 Å². The SMILES string of the molecule is COc1ccc(C2CCCCCN2CC(=O)Nc2ccccc2N2CCCC2)cc1. The Morgan fingerprint density at radius 3 is 2.47 bits per heavy atom. The minimum Gasteiger partial charge on any atom is -0.497 e. The van der Waals surface area contributed by atoms with Crippen LogP contribution in [0.5, 0.6) is 5.75 Å². The predicted octanol–water partition coefficient (Wildman–Crippen LogP) is 4.85. The number of benzene rings is 2. The molecule has 0 radical (unpaired) electrons. The molecule has 0 saturated carbocycles. The van der Waals surface area contributed by atoms with Crippen molar-refractivity contribution in [3.05, 3.63) is 54.1 Å². The molecular weight excluding hydrogens is 374 g/mol. The van der Waals surface area contributed by atoms with Crippen LogP contribution in [0.15, 0.2) is 48.5 Å². The van der Waals surface area contributed by atoms with E-state index < -0.39 is 0 Å². The van der Waals surface area contributed by atoms with Crippen molar-refractivity contribution in [1.29, 1.82) is 0 Å². The molecular formula is C25H33N3O2. The summed E-state index contributed by atoms with van der Waals surface area (Å²) in [7, 11) is 1.69. The third-order valence-electron chi connectivity index (χ3n) is 6.34. The second-order valence-electron chi connectivity index (χ2n) is 8.37. The number of hydrogen-bond acceptors (Lipinski definition) is 4. The molecule has 2 fully saturated rings. The van der Waals surface area contributed by atoms with Crippen LogP contribution < -0.4 is 15.0 Å². The third-order valence-corrected chi connectivity index (χ3v) is 6.34. The van der Waals surface area contributed by atoms with Crippen molar-refractivity contribution in [2.75, 3.05) is 43.5 Å². The Morgan fingerprint density at radius 1 is 0.967 bits per heavy atom. The van der Waals surface area contributed by atoms with E-state index in [9.17, 15) is 4.79 Å². The summed E-state index contributed by atoms with van der Waals surface area (Å²) < 4.78 is 5.31. The highest BCUT2D eigenvalue weighted by molar-refractivity contribution is 5.95. The van der Waals surface area contributed by atoms with E-state index >= 15 is 0 Å². The smallest absolute Gasteiger partial charge is 0.238 e. The highest BCUT2D eigenvalue weighted by Crippen LogP contribution is 2.32. The molecule has 0 spiro atoms. The number of nitrogens with one attached hydrogen (secondary N) is 1. The molecule has 2 aliphatic heterocycles. The Labute approximate surface area is 180 Å². The van der Waals surface area contributed by atoms with Gasteiger partial charge >= 0.3 is 0 Å². The topological polar surface area (TPSA) is 44.8 Å². The van der Waals surface area contributed by atoms with Crippen LogP contribution in [0, 0.1) is 0 Å². The molecule has 1 N–H and O–H groups in total. The second-order valence-corrected chi connectivity index (χ2v) is 8.37. The summed E-state index contributed by atoms with van der Waals surface area (Å²) in [5.41, 5.74) is 3.34. The van der Waals surface area contributed by atoms with Gasteiger partial charge < -0.3 is 15.0 Å². The molecule has 30 heavy (non-hydrogen) atoms. The molecule has 5 nitrogen and oxygen atoms in total. The minimum absolute atomic E-state index is 0.0714. The molecule has 5 heteroatoms. The van der Waals surface area contributed by atoms with Crippen molar-refractivity contribution in [3.8, 4) is 5.75 Å². The Bertz CT molecular complexity index is 831. The summed E-state index contributed by atoms with van der Waals surface area (Å²) in [5.74, 6) is 0.942. The predicted molar refractivity (Wildman–Crippen MR) is 122 cm³/mol. The molecule has 2 heterocycles. The van der Waals surface area contributed by atoms with Gasteiger partial charge in [-0.3, -0.25) is 9.69 Å². The number of hydrogen-bond donors (Lipinski definition) is 1. The van der Waals surface area contributed by atoms with Crippen LogP contribution in [0.3, 0.4) is 0 Å². The van der Waals surface area contributed by atoms with Crippen LogP contribution in [0.25, 0.3) is 0 Å². The zero-order valence-corrected chi connectivity index (χ0v) is 18.0. The van der Waals surface area contributed by atoms with E-state index in [0.717, 1.165) is 49.6 Å². The second kappa shape index (κ2) is 9.98. The molecule has 1 atom stereocenters. The van der Waals surface area contributed by atoms with E-state index in [1.54, 1.807) is 7.11 Å². The minimum atomic E-state index is 0.0714. The lowest BCUT2D eigenvalue weighted by Gasteiger charge is -2.30. The Balaban J connectivity index is 1.46. The molecule has 160 valence electrons. The van der Waals surface area contributed by atoms with Crippen LogP contribution in [-0.2, 0) is 4.79 Å². The van der Waals surface area contributed by atoms with Gasteiger partial charge in [-0.15, -0.1) is 0 Å². The monoisotopic (exact) mass is 407 g/mol. The van der Waals surface area contributed by atoms with E-state index in [0.29, 0.717) is 6.54 Å². The third kappa shape index (κ3) is 4.96. The molecule has 2 saturated heterocycles. The summed E-state index contributed by atoms with van der Waals surface area (Å²) in [6, 6.07) is 16.8. The Morgan fingerprint density at radius 2 is 1.70 bits per heavy atom. The van der Waals surface area contributed by atoms with Gasteiger partial charge in [0.1, 0.15) is 5.75 Å². The van der Waals surface area contributed by atoms with Gasteiger partial charge in [-0.25, -0.2) is 0 Å². The van der Waals surface area contributed by atoms with Crippen molar-refractivity contribution in [2.24, 2.45) is 0 Å². The summed E-state index contributed by atoms with van der Waals surface area (Å²) >= 11 is 0. The number of nitrogens with zero attached hydrogens (tertiary/aromatic N) is 2. The number of methoxy groups -OCH3 is 1. The molecule has 1 unspecified atom stereocenters. The van der Waals surface area contributed by atoms with Gasteiger partial charge in [-0.2, -0.15) is 0 Å². The average molecular weight is 408 g/mol. The molecule has 4 rings (SSSR count).